The Bertz CT molecular complexity index is 715. The van der Waals surface area contributed by atoms with Crippen molar-refractivity contribution in [3.8, 4) is 22.5 Å². The second-order valence-electron chi connectivity index (χ2n) is 4.50. The summed E-state index contributed by atoms with van der Waals surface area (Å²) in [5.41, 5.74) is 3.02. The standard InChI is InChI=1S/C16H12N4O/c1-11(21)16-19-14(12-4-2-6-17-9-12)8-15(20-16)13-5-3-7-18-10-13/h2-10H,1H3. The highest BCUT2D eigenvalue weighted by Crippen LogP contribution is 2.22. The maximum absolute atomic E-state index is 11.7. The van der Waals surface area contributed by atoms with Gasteiger partial charge in [-0.15, -0.1) is 0 Å². The van der Waals surface area contributed by atoms with Crippen LogP contribution in [0.4, 0.5) is 0 Å². The molecule has 0 bridgehead atoms. The third-order valence-corrected chi connectivity index (χ3v) is 2.96. The topological polar surface area (TPSA) is 68.6 Å². The van der Waals surface area contributed by atoms with Gasteiger partial charge in [0.25, 0.3) is 0 Å². The fourth-order valence-corrected chi connectivity index (χ4v) is 1.93. The lowest BCUT2D eigenvalue weighted by molar-refractivity contribution is 0.100. The van der Waals surface area contributed by atoms with Crippen LogP contribution in [-0.4, -0.2) is 25.7 Å². The van der Waals surface area contributed by atoms with Crippen molar-refractivity contribution in [1.29, 1.82) is 0 Å². The van der Waals surface area contributed by atoms with Crippen molar-refractivity contribution in [2.45, 2.75) is 6.92 Å². The molecule has 0 aromatic carbocycles. The van der Waals surface area contributed by atoms with E-state index in [1.54, 1.807) is 24.8 Å². The number of hydrogen-bond donors (Lipinski definition) is 0. The van der Waals surface area contributed by atoms with Crippen molar-refractivity contribution < 1.29 is 4.79 Å². The lowest BCUT2D eigenvalue weighted by Gasteiger charge is -2.06. The van der Waals surface area contributed by atoms with E-state index in [2.05, 4.69) is 19.9 Å². The van der Waals surface area contributed by atoms with Crippen LogP contribution in [0.5, 0.6) is 0 Å². The van der Waals surface area contributed by atoms with Gasteiger partial charge in [-0.25, -0.2) is 9.97 Å². The highest BCUT2D eigenvalue weighted by Gasteiger charge is 2.11. The molecule has 0 fully saturated rings. The molecule has 21 heavy (non-hydrogen) atoms. The van der Waals surface area contributed by atoms with E-state index in [0.717, 1.165) is 11.1 Å². The largest absolute Gasteiger partial charge is 0.291 e. The molecule has 3 heterocycles. The fraction of sp³-hybridized carbons (Fsp3) is 0.0625. The van der Waals surface area contributed by atoms with Crippen LogP contribution in [0.2, 0.25) is 0 Å². The number of carbonyl (C=O) groups is 1. The molecule has 0 saturated heterocycles. The molecule has 3 aromatic heterocycles. The summed E-state index contributed by atoms with van der Waals surface area (Å²) in [6.45, 7) is 1.45. The Balaban J connectivity index is 2.18. The number of nitrogens with zero attached hydrogens (tertiary/aromatic N) is 4. The van der Waals surface area contributed by atoms with E-state index in [0.29, 0.717) is 11.4 Å². The Kier molecular flexibility index (Phi) is 3.47. The quantitative estimate of drug-likeness (QED) is 0.688. The Morgan fingerprint density at radius 1 is 0.905 bits per heavy atom. The molecule has 0 spiro atoms. The van der Waals surface area contributed by atoms with E-state index in [1.165, 1.54) is 6.92 Å². The van der Waals surface area contributed by atoms with Crippen molar-refractivity contribution in [3.05, 3.63) is 60.9 Å². The summed E-state index contributed by atoms with van der Waals surface area (Å²) in [5, 5.41) is 0. The lowest BCUT2D eigenvalue weighted by atomic mass is 10.1. The van der Waals surface area contributed by atoms with Gasteiger partial charge in [-0.3, -0.25) is 14.8 Å². The Morgan fingerprint density at radius 2 is 1.43 bits per heavy atom. The van der Waals surface area contributed by atoms with Gasteiger partial charge in [0.05, 0.1) is 11.4 Å². The van der Waals surface area contributed by atoms with Gasteiger partial charge in [0.15, 0.2) is 11.6 Å². The van der Waals surface area contributed by atoms with Crippen LogP contribution >= 0.6 is 0 Å². The van der Waals surface area contributed by atoms with Gasteiger partial charge in [0.2, 0.25) is 0 Å². The zero-order chi connectivity index (χ0) is 14.7. The Hall–Kier alpha value is -2.95. The number of pyridine rings is 2. The number of Topliss-reactive ketones (excluding diaryl/α,β-unsaturated/α-hetero) is 1. The highest BCUT2D eigenvalue weighted by atomic mass is 16.1. The maximum atomic E-state index is 11.7. The average Bonchev–Trinajstić information content (AvgIpc) is 2.56. The molecule has 0 amide bonds. The Morgan fingerprint density at radius 3 is 1.81 bits per heavy atom. The summed E-state index contributed by atoms with van der Waals surface area (Å²) in [6.07, 6.45) is 6.80. The van der Waals surface area contributed by atoms with Gasteiger partial charge in [-0.2, -0.15) is 0 Å². The Labute approximate surface area is 121 Å². The van der Waals surface area contributed by atoms with Gasteiger partial charge >= 0.3 is 0 Å². The fourth-order valence-electron chi connectivity index (χ4n) is 1.93. The van der Waals surface area contributed by atoms with Gasteiger partial charge < -0.3 is 0 Å². The summed E-state index contributed by atoms with van der Waals surface area (Å²) in [6, 6.07) is 9.28. The van der Waals surface area contributed by atoms with E-state index in [4.69, 9.17) is 0 Å². The monoisotopic (exact) mass is 276 g/mol. The summed E-state index contributed by atoms with van der Waals surface area (Å²) < 4.78 is 0. The molecule has 0 saturated carbocycles. The molecule has 3 aromatic rings. The molecule has 0 aliphatic carbocycles. The third-order valence-electron chi connectivity index (χ3n) is 2.96. The molecule has 0 unspecified atom stereocenters. The second kappa shape index (κ2) is 5.58. The average molecular weight is 276 g/mol. The zero-order valence-electron chi connectivity index (χ0n) is 11.4. The van der Waals surface area contributed by atoms with E-state index in [9.17, 15) is 4.79 Å². The second-order valence-corrected chi connectivity index (χ2v) is 4.50. The zero-order valence-corrected chi connectivity index (χ0v) is 11.4. The van der Waals surface area contributed by atoms with E-state index in [1.807, 2.05) is 30.3 Å². The number of ketones is 1. The van der Waals surface area contributed by atoms with Crippen molar-refractivity contribution in [1.82, 2.24) is 19.9 Å². The maximum Gasteiger partial charge on any atom is 0.197 e. The van der Waals surface area contributed by atoms with Crippen LogP contribution in [0, 0.1) is 0 Å². The van der Waals surface area contributed by atoms with Gasteiger partial charge in [-0.1, -0.05) is 0 Å². The molecule has 0 aliphatic rings. The minimum Gasteiger partial charge on any atom is -0.291 e. The third kappa shape index (κ3) is 2.81. The first kappa shape index (κ1) is 13.1. The summed E-state index contributed by atoms with van der Waals surface area (Å²) >= 11 is 0. The SMILES string of the molecule is CC(=O)c1nc(-c2cccnc2)cc(-c2cccnc2)n1. The summed E-state index contributed by atoms with van der Waals surface area (Å²) in [7, 11) is 0. The first-order valence-electron chi connectivity index (χ1n) is 6.45. The van der Waals surface area contributed by atoms with E-state index >= 15 is 0 Å². The van der Waals surface area contributed by atoms with Crippen LogP contribution in [-0.2, 0) is 0 Å². The molecule has 0 aliphatic heterocycles. The van der Waals surface area contributed by atoms with Gasteiger partial charge in [0.1, 0.15) is 0 Å². The molecule has 102 valence electrons. The van der Waals surface area contributed by atoms with Crippen LogP contribution in [0.15, 0.2) is 55.1 Å². The number of rotatable bonds is 3. The summed E-state index contributed by atoms with van der Waals surface area (Å²) in [5.74, 6) is 0.0149. The first-order chi connectivity index (χ1) is 10.2. The van der Waals surface area contributed by atoms with Crippen molar-refractivity contribution in [2.24, 2.45) is 0 Å². The molecular formula is C16H12N4O. The van der Waals surface area contributed by atoms with Crippen LogP contribution in [0.3, 0.4) is 0 Å². The van der Waals surface area contributed by atoms with Crippen molar-refractivity contribution in [3.63, 3.8) is 0 Å². The number of aromatic nitrogens is 4. The van der Waals surface area contributed by atoms with Crippen LogP contribution in [0.1, 0.15) is 17.5 Å². The molecule has 5 nitrogen and oxygen atoms in total. The molecule has 0 N–H and O–H groups in total. The lowest BCUT2D eigenvalue weighted by Crippen LogP contribution is -2.04. The smallest absolute Gasteiger partial charge is 0.197 e. The first-order valence-corrected chi connectivity index (χ1v) is 6.45. The van der Waals surface area contributed by atoms with E-state index < -0.39 is 0 Å². The predicted octanol–water partition coefficient (Wildman–Crippen LogP) is 2.80. The van der Waals surface area contributed by atoms with Gasteiger partial charge in [0, 0.05) is 42.8 Å². The number of carbonyl (C=O) groups excluding carboxylic acids is 1. The molecule has 0 atom stereocenters. The molecule has 3 rings (SSSR count). The summed E-state index contributed by atoms with van der Waals surface area (Å²) in [4.78, 5) is 28.4. The normalized spacial score (nSPS) is 10.3. The predicted molar refractivity (Wildman–Crippen MR) is 78.5 cm³/mol. The molecule has 5 heteroatoms. The number of hydrogen-bond acceptors (Lipinski definition) is 5. The van der Waals surface area contributed by atoms with Gasteiger partial charge in [-0.05, 0) is 30.3 Å². The highest BCUT2D eigenvalue weighted by molar-refractivity contribution is 5.91. The minimum absolute atomic E-state index is 0.175. The van der Waals surface area contributed by atoms with Crippen molar-refractivity contribution in [2.75, 3.05) is 0 Å². The molecular weight excluding hydrogens is 264 g/mol. The van der Waals surface area contributed by atoms with Crippen LogP contribution in [0.25, 0.3) is 22.5 Å². The van der Waals surface area contributed by atoms with Crippen LogP contribution < -0.4 is 0 Å². The molecule has 0 radical (unpaired) electrons. The minimum atomic E-state index is -0.175. The van der Waals surface area contributed by atoms with E-state index in [-0.39, 0.29) is 11.6 Å². The van der Waals surface area contributed by atoms with Crippen molar-refractivity contribution >= 4 is 5.78 Å².